The minimum absolute atomic E-state index is 0. The van der Waals surface area contributed by atoms with E-state index < -0.39 is 0 Å². The zero-order chi connectivity index (χ0) is 16.2. The molecule has 2 aromatic carbocycles. The van der Waals surface area contributed by atoms with E-state index in [-0.39, 0.29) is 19.0 Å². The van der Waals surface area contributed by atoms with Crippen molar-refractivity contribution in [3.8, 4) is 0 Å². The summed E-state index contributed by atoms with van der Waals surface area (Å²) in [5, 5.41) is 17.1. The lowest BCUT2D eigenvalue weighted by atomic mass is 10.2. The van der Waals surface area contributed by atoms with Gasteiger partial charge >= 0.3 is 0 Å². The fourth-order valence-corrected chi connectivity index (χ4v) is 2.44. The maximum absolute atomic E-state index is 9.01. The number of nitrogens with zero attached hydrogens (tertiary/aromatic N) is 2. The lowest BCUT2D eigenvalue weighted by Crippen LogP contribution is -2.09. The van der Waals surface area contributed by atoms with Crippen molar-refractivity contribution in [2.45, 2.75) is 0 Å². The Kier molecular flexibility index (Phi) is 6.45. The molecule has 0 radical (unpaired) electrons. The van der Waals surface area contributed by atoms with Gasteiger partial charge in [-0.05, 0) is 30.3 Å². The van der Waals surface area contributed by atoms with Crippen LogP contribution in [0.5, 0.6) is 0 Å². The van der Waals surface area contributed by atoms with Gasteiger partial charge in [0, 0.05) is 17.6 Å². The Balaban J connectivity index is 0.00000208. The normalized spacial score (nSPS) is 10.3. The van der Waals surface area contributed by atoms with Crippen molar-refractivity contribution in [2.75, 3.05) is 23.8 Å². The van der Waals surface area contributed by atoms with Crippen LogP contribution in [0.1, 0.15) is 0 Å². The van der Waals surface area contributed by atoms with Crippen LogP contribution in [0.4, 0.5) is 17.5 Å². The smallest absolute Gasteiger partial charge is 0.229 e. The fraction of sp³-hybridized carbons (Fsp3) is 0.125. The minimum Gasteiger partial charge on any atom is -0.395 e. The van der Waals surface area contributed by atoms with E-state index in [0.717, 1.165) is 16.6 Å². The number of para-hydroxylation sites is 1. The molecule has 126 valence electrons. The van der Waals surface area contributed by atoms with Crippen molar-refractivity contribution in [3.05, 3.63) is 52.5 Å². The van der Waals surface area contributed by atoms with E-state index in [9.17, 15) is 0 Å². The van der Waals surface area contributed by atoms with Gasteiger partial charge in [0.15, 0.2) is 0 Å². The van der Waals surface area contributed by atoms with E-state index in [1.165, 1.54) is 0 Å². The molecule has 0 amide bonds. The Hall–Kier alpha value is -1.79. The van der Waals surface area contributed by atoms with Gasteiger partial charge in [-0.25, -0.2) is 4.98 Å². The van der Waals surface area contributed by atoms with Gasteiger partial charge in [0.05, 0.1) is 22.2 Å². The molecule has 3 rings (SSSR count). The van der Waals surface area contributed by atoms with Crippen molar-refractivity contribution in [1.29, 1.82) is 0 Å². The summed E-state index contributed by atoms with van der Waals surface area (Å²) in [6.45, 7) is 0.432. The molecule has 8 heteroatoms. The van der Waals surface area contributed by atoms with Crippen LogP contribution < -0.4 is 10.6 Å². The lowest BCUT2D eigenvalue weighted by molar-refractivity contribution is 0.311. The third kappa shape index (κ3) is 4.19. The Morgan fingerprint density at radius 2 is 1.79 bits per heavy atom. The second-order valence-electron chi connectivity index (χ2n) is 4.82. The number of aliphatic hydroxyl groups excluding tert-OH is 1. The van der Waals surface area contributed by atoms with Crippen molar-refractivity contribution >= 4 is 64.0 Å². The summed E-state index contributed by atoms with van der Waals surface area (Å²) in [6.07, 6.45) is 0. The van der Waals surface area contributed by atoms with Gasteiger partial charge in [0.1, 0.15) is 5.82 Å². The van der Waals surface area contributed by atoms with Gasteiger partial charge in [0.2, 0.25) is 5.95 Å². The van der Waals surface area contributed by atoms with E-state index >= 15 is 0 Å². The Labute approximate surface area is 155 Å². The van der Waals surface area contributed by atoms with Crippen LogP contribution in [0.25, 0.3) is 10.9 Å². The number of aliphatic hydroxyl groups is 1. The van der Waals surface area contributed by atoms with Gasteiger partial charge in [0.25, 0.3) is 0 Å². The number of hydrogen-bond donors (Lipinski definition) is 3. The maximum Gasteiger partial charge on any atom is 0.229 e. The first-order valence-electron chi connectivity index (χ1n) is 7.01. The second kappa shape index (κ2) is 8.35. The van der Waals surface area contributed by atoms with Crippen LogP contribution >= 0.6 is 35.6 Å². The highest BCUT2D eigenvalue weighted by Gasteiger charge is 2.08. The second-order valence-corrected chi connectivity index (χ2v) is 5.63. The molecule has 24 heavy (non-hydrogen) atoms. The molecule has 1 aromatic heterocycles. The molecule has 3 N–H and O–H groups in total. The standard InChI is InChI=1S/C16H14Cl2N4O.ClH/c17-12-6-5-10(9-13(12)18)20-16-21-14-4-2-1-3-11(14)15(22-16)19-7-8-23;/h1-6,9,23H,7-8H2,(H2,19,20,21,22);1H. The molecule has 0 saturated carbocycles. The monoisotopic (exact) mass is 384 g/mol. The molecule has 0 aliphatic heterocycles. The molecule has 0 spiro atoms. The number of anilines is 3. The van der Waals surface area contributed by atoms with Crippen LogP contribution in [0.2, 0.25) is 10.0 Å². The van der Waals surface area contributed by atoms with Gasteiger partial charge in [-0.1, -0.05) is 35.3 Å². The number of nitrogens with one attached hydrogen (secondary N) is 2. The average molecular weight is 386 g/mol. The van der Waals surface area contributed by atoms with Crippen molar-refractivity contribution in [2.24, 2.45) is 0 Å². The van der Waals surface area contributed by atoms with Crippen LogP contribution in [0.15, 0.2) is 42.5 Å². The number of aromatic nitrogens is 2. The highest BCUT2D eigenvalue weighted by molar-refractivity contribution is 6.42. The van der Waals surface area contributed by atoms with Crippen LogP contribution in [0.3, 0.4) is 0 Å². The topological polar surface area (TPSA) is 70.1 Å². The van der Waals surface area contributed by atoms with E-state index in [1.807, 2.05) is 24.3 Å². The summed E-state index contributed by atoms with van der Waals surface area (Å²) in [5.74, 6) is 1.09. The quantitative estimate of drug-likeness (QED) is 0.603. The fourth-order valence-electron chi connectivity index (χ4n) is 2.14. The highest BCUT2D eigenvalue weighted by atomic mass is 35.5. The Morgan fingerprint density at radius 1 is 1.00 bits per heavy atom. The Bertz CT molecular complexity index is 845. The molecular formula is C16H15Cl3N4O. The van der Waals surface area contributed by atoms with Crippen molar-refractivity contribution in [1.82, 2.24) is 9.97 Å². The summed E-state index contributed by atoms with van der Waals surface area (Å²) >= 11 is 11.9. The van der Waals surface area contributed by atoms with E-state index in [4.69, 9.17) is 28.3 Å². The average Bonchev–Trinajstić information content (AvgIpc) is 2.56. The van der Waals surface area contributed by atoms with Gasteiger partial charge in [-0.2, -0.15) is 4.98 Å². The zero-order valence-electron chi connectivity index (χ0n) is 12.5. The van der Waals surface area contributed by atoms with Crippen LogP contribution in [-0.2, 0) is 0 Å². The SMILES string of the molecule is Cl.OCCNc1nc(Nc2ccc(Cl)c(Cl)c2)nc2ccccc12. The van der Waals surface area contributed by atoms with Crippen LogP contribution in [0, 0.1) is 0 Å². The van der Waals surface area contributed by atoms with E-state index in [0.29, 0.717) is 28.4 Å². The summed E-state index contributed by atoms with van der Waals surface area (Å²) in [7, 11) is 0. The third-order valence-electron chi connectivity index (χ3n) is 3.18. The first kappa shape index (κ1) is 18.5. The predicted molar refractivity (Wildman–Crippen MR) is 102 cm³/mol. The molecule has 0 aliphatic rings. The molecular weight excluding hydrogens is 371 g/mol. The number of rotatable bonds is 5. The molecule has 0 unspecified atom stereocenters. The van der Waals surface area contributed by atoms with Crippen molar-refractivity contribution in [3.63, 3.8) is 0 Å². The molecule has 0 fully saturated rings. The number of fused-ring (bicyclic) bond motifs is 1. The number of benzene rings is 2. The predicted octanol–water partition coefficient (Wildman–Crippen LogP) is 4.51. The lowest BCUT2D eigenvalue weighted by Gasteiger charge is -2.11. The summed E-state index contributed by atoms with van der Waals surface area (Å²) in [4.78, 5) is 8.96. The molecule has 0 bridgehead atoms. The summed E-state index contributed by atoms with van der Waals surface area (Å²) < 4.78 is 0. The molecule has 1 heterocycles. The number of hydrogen-bond acceptors (Lipinski definition) is 5. The van der Waals surface area contributed by atoms with Gasteiger partial charge in [-0.3, -0.25) is 0 Å². The zero-order valence-corrected chi connectivity index (χ0v) is 14.8. The largest absolute Gasteiger partial charge is 0.395 e. The third-order valence-corrected chi connectivity index (χ3v) is 3.92. The Morgan fingerprint density at radius 3 is 2.54 bits per heavy atom. The van der Waals surface area contributed by atoms with E-state index in [2.05, 4.69) is 20.6 Å². The number of halogens is 3. The van der Waals surface area contributed by atoms with Gasteiger partial charge < -0.3 is 15.7 Å². The maximum atomic E-state index is 9.01. The van der Waals surface area contributed by atoms with E-state index in [1.54, 1.807) is 18.2 Å². The molecule has 0 aliphatic carbocycles. The molecule has 0 atom stereocenters. The van der Waals surface area contributed by atoms with Crippen molar-refractivity contribution < 1.29 is 5.11 Å². The molecule has 5 nitrogen and oxygen atoms in total. The van der Waals surface area contributed by atoms with Gasteiger partial charge in [-0.15, -0.1) is 12.4 Å². The molecule has 0 saturated heterocycles. The summed E-state index contributed by atoms with van der Waals surface area (Å²) in [6, 6.07) is 12.9. The molecule has 3 aromatic rings. The first-order valence-corrected chi connectivity index (χ1v) is 7.76. The summed E-state index contributed by atoms with van der Waals surface area (Å²) in [5.41, 5.74) is 1.54. The minimum atomic E-state index is 0. The highest BCUT2D eigenvalue weighted by Crippen LogP contribution is 2.27. The van der Waals surface area contributed by atoms with Crippen LogP contribution in [-0.4, -0.2) is 28.2 Å². The first-order chi connectivity index (χ1) is 11.2.